The highest BCUT2D eigenvalue weighted by Gasteiger charge is 2.27. The fourth-order valence-electron chi connectivity index (χ4n) is 3.37. The van der Waals surface area contributed by atoms with Gasteiger partial charge >= 0.3 is 0 Å². The molecule has 3 aromatic rings. The first-order chi connectivity index (χ1) is 13.1. The molecule has 2 N–H and O–H groups in total. The van der Waals surface area contributed by atoms with Crippen LogP contribution in [0.25, 0.3) is 5.52 Å². The van der Waals surface area contributed by atoms with Crippen LogP contribution in [0.15, 0.2) is 53.1 Å². The van der Waals surface area contributed by atoms with E-state index in [1.54, 1.807) is 10.7 Å². The molecule has 1 saturated heterocycles. The molecular weight excluding hydrogens is 410 g/mol. The lowest BCUT2D eigenvalue weighted by atomic mass is 10.1. The molecule has 0 radical (unpaired) electrons. The number of benzene rings is 1. The van der Waals surface area contributed by atoms with Crippen molar-refractivity contribution in [2.45, 2.75) is 25.0 Å². The number of ether oxygens (including phenoxy) is 1. The molecule has 2 aromatic heterocycles. The lowest BCUT2D eigenvalue weighted by Gasteiger charge is -2.28. The first-order valence-electron chi connectivity index (χ1n) is 8.88. The molecule has 0 bridgehead atoms. The number of hydrogen-bond donors (Lipinski definition) is 2. The second-order valence-corrected chi connectivity index (χ2v) is 7.61. The SMILES string of the molecule is O=C(NC1CCOCC1O)c1cc(Cc2ccc(Br)cc2)c2cccnn12. The zero-order valence-corrected chi connectivity index (χ0v) is 16.2. The number of carbonyl (C=O) groups excluding carboxylic acids is 1. The van der Waals surface area contributed by atoms with Gasteiger partial charge in [-0.3, -0.25) is 4.79 Å². The predicted octanol–water partition coefficient (Wildman–Crippen LogP) is 2.57. The summed E-state index contributed by atoms with van der Waals surface area (Å²) in [6.45, 7) is 0.775. The Hall–Kier alpha value is -2.22. The Morgan fingerprint density at radius 2 is 2.15 bits per heavy atom. The fourth-order valence-corrected chi connectivity index (χ4v) is 3.63. The van der Waals surface area contributed by atoms with E-state index >= 15 is 0 Å². The molecule has 1 aromatic carbocycles. The predicted molar refractivity (Wildman–Crippen MR) is 105 cm³/mol. The van der Waals surface area contributed by atoms with Crippen molar-refractivity contribution in [3.8, 4) is 0 Å². The third kappa shape index (κ3) is 3.90. The summed E-state index contributed by atoms with van der Waals surface area (Å²) < 4.78 is 7.92. The molecule has 3 heterocycles. The van der Waals surface area contributed by atoms with Crippen molar-refractivity contribution in [3.63, 3.8) is 0 Å². The minimum Gasteiger partial charge on any atom is -0.389 e. The first kappa shape index (κ1) is 18.2. The lowest BCUT2D eigenvalue weighted by Crippen LogP contribution is -2.48. The van der Waals surface area contributed by atoms with Crippen LogP contribution in [0.1, 0.15) is 28.0 Å². The highest BCUT2D eigenvalue weighted by Crippen LogP contribution is 2.21. The number of aliphatic hydroxyl groups is 1. The van der Waals surface area contributed by atoms with Crippen molar-refractivity contribution in [1.29, 1.82) is 0 Å². The molecule has 7 heteroatoms. The number of amides is 1. The number of aliphatic hydroxyl groups excluding tert-OH is 1. The first-order valence-corrected chi connectivity index (χ1v) is 9.68. The smallest absolute Gasteiger partial charge is 0.270 e. The number of hydrogen-bond acceptors (Lipinski definition) is 4. The van der Waals surface area contributed by atoms with Crippen LogP contribution in [0.3, 0.4) is 0 Å². The topological polar surface area (TPSA) is 75.9 Å². The highest BCUT2D eigenvalue weighted by molar-refractivity contribution is 9.10. The summed E-state index contributed by atoms with van der Waals surface area (Å²) in [5.41, 5.74) is 3.55. The molecule has 1 aliphatic rings. The number of aromatic nitrogens is 2. The van der Waals surface area contributed by atoms with Crippen LogP contribution in [0.4, 0.5) is 0 Å². The van der Waals surface area contributed by atoms with Gasteiger partial charge in [0, 0.05) is 17.3 Å². The molecule has 2 unspecified atom stereocenters. The maximum Gasteiger partial charge on any atom is 0.270 e. The van der Waals surface area contributed by atoms with Gasteiger partial charge in [-0.1, -0.05) is 28.1 Å². The van der Waals surface area contributed by atoms with Crippen molar-refractivity contribution in [2.75, 3.05) is 13.2 Å². The minimum absolute atomic E-state index is 0.239. The fraction of sp³-hybridized carbons (Fsp3) is 0.300. The van der Waals surface area contributed by atoms with Gasteiger partial charge in [0.25, 0.3) is 5.91 Å². The molecular formula is C20H20BrN3O3. The van der Waals surface area contributed by atoms with Gasteiger partial charge in [-0.05, 0) is 54.3 Å². The second kappa shape index (κ2) is 7.80. The van der Waals surface area contributed by atoms with E-state index in [0.717, 1.165) is 21.1 Å². The zero-order chi connectivity index (χ0) is 18.8. The molecule has 1 fully saturated rings. The molecule has 0 saturated carbocycles. The van der Waals surface area contributed by atoms with Crippen LogP contribution in [-0.4, -0.2) is 46.0 Å². The van der Waals surface area contributed by atoms with Gasteiger partial charge in [0.1, 0.15) is 5.69 Å². The quantitative estimate of drug-likeness (QED) is 0.667. The summed E-state index contributed by atoms with van der Waals surface area (Å²) in [5.74, 6) is -0.239. The van der Waals surface area contributed by atoms with Crippen LogP contribution in [0.5, 0.6) is 0 Å². The van der Waals surface area contributed by atoms with E-state index < -0.39 is 6.10 Å². The van der Waals surface area contributed by atoms with Gasteiger partial charge in [-0.25, -0.2) is 4.52 Å². The Morgan fingerprint density at radius 1 is 1.33 bits per heavy atom. The monoisotopic (exact) mass is 429 g/mol. The summed E-state index contributed by atoms with van der Waals surface area (Å²) in [6.07, 6.45) is 2.27. The summed E-state index contributed by atoms with van der Waals surface area (Å²) in [7, 11) is 0. The molecule has 4 rings (SSSR count). The molecule has 2 atom stereocenters. The van der Waals surface area contributed by atoms with E-state index in [1.165, 1.54) is 0 Å². The summed E-state index contributed by atoms with van der Waals surface area (Å²) in [6, 6.07) is 13.5. The Morgan fingerprint density at radius 3 is 2.93 bits per heavy atom. The van der Waals surface area contributed by atoms with Crippen molar-refractivity contribution in [1.82, 2.24) is 14.9 Å². The molecule has 1 amide bonds. The molecule has 1 aliphatic heterocycles. The van der Waals surface area contributed by atoms with Crippen molar-refractivity contribution < 1.29 is 14.6 Å². The van der Waals surface area contributed by atoms with E-state index in [1.807, 2.05) is 30.3 Å². The van der Waals surface area contributed by atoms with Crippen LogP contribution < -0.4 is 5.32 Å². The minimum atomic E-state index is -0.691. The second-order valence-electron chi connectivity index (χ2n) is 6.69. The lowest BCUT2D eigenvalue weighted by molar-refractivity contribution is -0.0261. The van der Waals surface area contributed by atoms with Gasteiger partial charge in [0.2, 0.25) is 0 Å². The van der Waals surface area contributed by atoms with Crippen LogP contribution >= 0.6 is 15.9 Å². The highest BCUT2D eigenvalue weighted by atomic mass is 79.9. The van der Waals surface area contributed by atoms with Gasteiger partial charge in [-0.2, -0.15) is 5.10 Å². The third-order valence-corrected chi connectivity index (χ3v) is 5.33. The Bertz CT molecular complexity index is 955. The van der Waals surface area contributed by atoms with Crippen LogP contribution in [0.2, 0.25) is 0 Å². The largest absolute Gasteiger partial charge is 0.389 e. The number of rotatable bonds is 4. The molecule has 6 nitrogen and oxygen atoms in total. The van der Waals surface area contributed by atoms with Gasteiger partial charge in [0.05, 0.1) is 24.3 Å². The van der Waals surface area contributed by atoms with Gasteiger partial charge in [-0.15, -0.1) is 0 Å². The Balaban J connectivity index is 1.63. The van der Waals surface area contributed by atoms with Crippen molar-refractivity contribution in [3.05, 3.63) is 70.0 Å². The third-order valence-electron chi connectivity index (χ3n) is 4.80. The average molecular weight is 430 g/mol. The van der Waals surface area contributed by atoms with Gasteiger partial charge in [0.15, 0.2) is 0 Å². The maximum absolute atomic E-state index is 12.9. The number of carbonyl (C=O) groups is 1. The van der Waals surface area contributed by atoms with Crippen LogP contribution in [-0.2, 0) is 11.2 Å². The van der Waals surface area contributed by atoms with Crippen molar-refractivity contribution in [2.24, 2.45) is 0 Å². The zero-order valence-electron chi connectivity index (χ0n) is 14.6. The number of fused-ring (bicyclic) bond motifs is 1. The molecule has 0 spiro atoms. The molecule has 140 valence electrons. The number of nitrogens with one attached hydrogen (secondary N) is 1. The van der Waals surface area contributed by atoms with E-state index in [-0.39, 0.29) is 18.6 Å². The maximum atomic E-state index is 12.9. The Labute approximate surface area is 165 Å². The van der Waals surface area contributed by atoms with E-state index in [9.17, 15) is 9.90 Å². The number of halogens is 1. The van der Waals surface area contributed by atoms with Gasteiger partial charge < -0.3 is 15.2 Å². The van der Waals surface area contributed by atoms with E-state index in [0.29, 0.717) is 25.1 Å². The van der Waals surface area contributed by atoms with E-state index in [4.69, 9.17) is 4.74 Å². The van der Waals surface area contributed by atoms with Crippen molar-refractivity contribution >= 4 is 27.4 Å². The normalized spacial score (nSPS) is 19.9. The standard InChI is InChI=1S/C20H20BrN3O3/c21-15-5-3-13(4-6-15)10-14-11-18(24-17(14)2-1-8-22-24)20(26)23-16-7-9-27-12-19(16)25/h1-6,8,11,16,19,25H,7,9-10,12H2,(H,23,26). The molecule has 27 heavy (non-hydrogen) atoms. The summed E-state index contributed by atoms with van der Waals surface area (Å²) >= 11 is 3.45. The molecule has 0 aliphatic carbocycles. The average Bonchev–Trinajstić information content (AvgIpc) is 3.04. The van der Waals surface area contributed by atoms with E-state index in [2.05, 4.69) is 38.5 Å². The number of nitrogens with zero attached hydrogens (tertiary/aromatic N) is 2. The summed E-state index contributed by atoms with van der Waals surface area (Å²) in [5, 5.41) is 17.3. The van der Waals surface area contributed by atoms with Crippen LogP contribution in [0, 0.1) is 0 Å². The Kier molecular flexibility index (Phi) is 5.24. The summed E-state index contributed by atoms with van der Waals surface area (Å²) in [4.78, 5) is 12.9.